The van der Waals surface area contributed by atoms with Crippen molar-refractivity contribution in [1.82, 2.24) is 14.9 Å². The molecule has 1 aromatic heterocycles. The Morgan fingerprint density at radius 2 is 1.91 bits per heavy atom. The molecule has 22 heavy (non-hydrogen) atoms. The van der Waals surface area contributed by atoms with Crippen LogP contribution in [-0.4, -0.2) is 14.9 Å². The van der Waals surface area contributed by atoms with Crippen LogP contribution in [0.5, 0.6) is 0 Å². The van der Waals surface area contributed by atoms with E-state index in [2.05, 4.69) is 10.2 Å². The largest absolute Gasteiger partial charge is 0.335 e. The molecule has 0 fully saturated rings. The highest BCUT2D eigenvalue weighted by molar-refractivity contribution is 7.98. The first-order valence-corrected chi connectivity index (χ1v) is 7.84. The van der Waals surface area contributed by atoms with E-state index < -0.39 is 0 Å². The number of hydrogen-bond donors (Lipinski definition) is 1. The van der Waals surface area contributed by atoms with Gasteiger partial charge in [0.25, 0.3) is 0 Å². The molecular weight excluding hydrogens is 323 g/mol. The minimum absolute atomic E-state index is 0.355. The summed E-state index contributed by atoms with van der Waals surface area (Å²) >= 11 is 7.40. The Bertz CT molecular complexity index is 791. The molecule has 4 nitrogen and oxygen atoms in total. The van der Waals surface area contributed by atoms with Crippen molar-refractivity contribution < 1.29 is 4.39 Å². The lowest BCUT2D eigenvalue weighted by Gasteiger charge is -2.05. The van der Waals surface area contributed by atoms with Gasteiger partial charge in [0.05, 0.1) is 0 Å². The number of halogens is 2. The van der Waals surface area contributed by atoms with Gasteiger partial charge in [0, 0.05) is 16.3 Å². The average molecular weight is 335 g/mol. The molecule has 0 unspecified atom stereocenters. The van der Waals surface area contributed by atoms with Crippen molar-refractivity contribution in [3.8, 4) is 11.4 Å². The fraction of sp³-hybridized carbons (Fsp3) is 0.0667. The van der Waals surface area contributed by atoms with Gasteiger partial charge < -0.3 is 5.84 Å². The first-order chi connectivity index (χ1) is 10.6. The van der Waals surface area contributed by atoms with Gasteiger partial charge in [-0.05, 0) is 17.7 Å². The number of aromatic nitrogens is 3. The monoisotopic (exact) mass is 334 g/mol. The van der Waals surface area contributed by atoms with E-state index in [4.69, 9.17) is 17.4 Å². The third kappa shape index (κ3) is 3.08. The minimum atomic E-state index is -0.355. The highest BCUT2D eigenvalue weighted by atomic mass is 35.5. The maximum absolute atomic E-state index is 13.0. The van der Waals surface area contributed by atoms with Crippen LogP contribution in [0.1, 0.15) is 5.56 Å². The van der Waals surface area contributed by atoms with Crippen LogP contribution >= 0.6 is 23.4 Å². The predicted molar refractivity (Wildman–Crippen MR) is 86.6 cm³/mol. The summed E-state index contributed by atoms with van der Waals surface area (Å²) in [5.74, 6) is 6.81. The molecule has 0 aliphatic carbocycles. The summed E-state index contributed by atoms with van der Waals surface area (Å²) in [6, 6.07) is 13.9. The maximum atomic E-state index is 13.0. The number of thioether (sulfide) groups is 1. The van der Waals surface area contributed by atoms with Crippen molar-refractivity contribution in [3.05, 3.63) is 64.9 Å². The fourth-order valence-electron chi connectivity index (χ4n) is 1.94. The van der Waals surface area contributed by atoms with Crippen molar-refractivity contribution in [1.29, 1.82) is 0 Å². The summed E-state index contributed by atoms with van der Waals surface area (Å²) < 4.78 is 14.5. The number of benzene rings is 2. The molecule has 3 rings (SSSR count). The quantitative estimate of drug-likeness (QED) is 0.583. The van der Waals surface area contributed by atoms with Gasteiger partial charge in [-0.1, -0.05) is 59.8 Å². The van der Waals surface area contributed by atoms with Crippen molar-refractivity contribution >= 4 is 23.4 Å². The van der Waals surface area contributed by atoms with E-state index in [0.717, 1.165) is 11.1 Å². The molecule has 0 saturated carbocycles. The summed E-state index contributed by atoms with van der Waals surface area (Å²) in [6.07, 6.45) is 0. The number of rotatable bonds is 4. The first-order valence-electron chi connectivity index (χ1n) is 6.48. The zero-order valence-electron chi connectivity index (χ0n) is 11.4. The molecule has 0 bridgehead atoms. The van der Waals surface area contributed by atoms with Crippen LogP contribution in [0.2, 0.25) is 5.02 Å². The van der Waals surface area contributed by atoms with Crippen molar-refractivity contribution in [3.63, 3.8) is 0 Å². The van der Waals surface area contributed by atoms with Crippen LogP contribution < -0.4 is 5.84 Å². The molecule has 2 N–H and O–H groups in total. The van der Waals surface area contributed by atoms with Crippen LogP contribution in [0.4, 0.5) is 4.39 Å². The highest BCUT2D eigenvalue weighted by Crippen LogP contribution is 2.27. The molecule has 1 heterocycles. The molecule has 0 radical (unpaired) electrons. The number of nitrogens with zero attached hydrogens (tertiary/aromatic N) is 3. The lowest BCUT2D eigenvalue weighted by molar-refractivity contribution is 0.627. The summed E-state index contributed by atoms with van der Waals surface area (Å²) in [5.41, 5.74) is 1.71. The summed E-state index contributed by atoms with van der Waals surface area (Å²) in [7, 11) is 0. The molecule has 3 aromatic rings. The van der Waals surface area contributed by atoms with Gasteiger partial charge >= 0.3 is 0 Å². The first kappa shape index (κ1) is 14.9. The molecular formula is C15H12ClFN4S. The Balaban J connectivity index is 1.78. The van der Waals surface area contributed by atoms with Gasteiger partial charge in [-0.3, -0.25) is 0 Å². The zero-order valence-corrected chi connectivity index (χ0v) is 13.0. The number of nitrogen functional groups attached to an aromatic ring is 1. The Morgan fingerprint density at radius 1 is 1.14 bits per heavy atom. The second-order valence-electron chi connectivity index (χ2n) is 4.57. The van der Waals surface area contributed by atoms with Crippen LogP contribution in [0.25, 0.3) is 11.4 Å². The van der Waals surface area contributed by atoms with Crippen LogP contribution in [-0.2, 0) is 5.75 Å². The molecule has 0 aliphatic rings. The lowest BCUT2D eigenvalue weighted by atomic mass is 10.2. The normalized spacial score (nSPS) is 10.8. The van der Waals surface area contributed by atoms with Gasteiger partial charge in [0.2, 0.25) is 5.16 Å². The molecule has 2 aromatic carbocycles. The molecule has 0 amide bonds. The number of hydrogen-bond acceptors (Lipinski definition) is 4. The molecule has 0 atom stereocenters. The van der Waals surface area contributed by atoms with E-state index in [9.17, 15) is 4.39 Å². The Kier molecular flexibility index (Phi) is 4.31. The topological polar surface area (TPSA) is 56.7 Å². The van der Waals surface area contributed by atoms with Gasteiger partial charge in [-0.15, -0.1) is 10.2 Å². The fourth-order valence-corrected chi connectivity index (χ4v) is 3.11. The third-order valence-corrected chi connectivity index (χ3v) is 4.41. The van der Waals surface area contributed by atoms with Crippen molar-refractivity contribution in [2.24, 2.45) is 0 Å². The van der Waals surface area contributed by atoms with E-state index in [-0.39, 0.29) is 5.82 Å². The highest BCUT2D eigenvalue weighted by Gasteiger charge is 2.12. The van der Waals surface area contributed by atoms with Crippen LogP contribution in [0.3, 0.4) is 0 Å². The van der Waals surface area contributed by atoms with E-state index in [1.807, 2.05) is 30.3 Å². The van der Waals surface area contributed by atoms with Crippen LogP contribution in [0, 0.1) is 5.82 Å². The molecule has 7 heteroatoms. The predicted octanol–water partition coefficient (Wildman–Crippen LogP) is 3.74. The molecule has 0 aliphatic heterocycles. The van der Waals surface area contributed by atoms with E-state index in [1.54, 1.807) is 6.07 Å². The van der Waals surface area contributed by atoms with Crippen molar-refractivity contribution in [2.45, 2.75) is 10.9 Å². The average Bonchev–Trinajstić information content (AvgIpc) is 2.88. The van der Waals surface area contributed by atoms with Crippen LogP contribution in [0.15, 0.2) is 53.7 Å². The molecule has 112 valence electrons. The van der Waals surface area contributed by atoms with E-state index in [1.165, 1.54) is 28.6 Å². The third-order valence-electron chi connectivity index (χ3n) is 3.07. The zero-order chi connectivity index (χ0) is 15.5. The Hall–Kier alpha value is -2.05. The number of nitrogens with two attached hydrogens (primary N) is 1. The maximum Gasteiger partial charge on any atom is 0.210 e. The van der Waals surface area contributed by atoms with Crippen molar-refractivity contribution in [2.75, 3.05) is 5.84 Å². The second-order valence-corrected chi connectivity index (χ2v) is 5.92. The standard InChI is InChI=1S/C15H12ClFN4S/c16-13-8-12(17)7-6-11(13)9-22-15-20-19-14(21(15)18)10-4-2-1-3-5-10/h1-8H,9,18H2. The van der Waals surface area contributed by atoms with Gasteiger partial charge in [-0.2, -0.15) is 0 Å². The Morgan fingerprint density at radius 3 is 2.64 bits per heavy atom. The molecule has 0 spiro atoms. The van der Waals surface area contributed by atoms with Gasteiger partial charge in [-0.25, -0.2) is 9.07 Å². The summed E-state index contributed by atoms with van der Waals surface area (Å²) in [6.45, 7) is 0. The minimum Gasteiger partial charge on any atom is -0.335 e. The van der Waals surface area contributed by atoms with Gasteiger partial charge in [0.15, 0.2) is 5.82 Å². The van der Waals surface area contributed by atoms with Gasteiger partial charge in [0.1, 0.15) is 5.82 Å². The smallest absolute Gasteiger partial charge is 0.210 e. The second kappa shape index (κ2) is 6.37. The SMILES string of the molecule is Nn1c(SCc2ccc(F)cc2Cl)nnc1-c1ccccc1. The van der Waals surface area contributed by atoms with E-state index in [0.29, 0.717) is 21.8 Å². The molecule has 0 saturated heterocycles. The summed E-state index contributed by atoms with van der Waals surface area (Å²) in [5, 5.41) is 9.15. The van der Waals surface area contributed by atoms with E-state index >= 15 is 0 Å². The Labute approximate surface area is 136 Å². The summed E-state index contributed by atoms with van der Waals surface area (Å²) in [4.78, 5) is 0. The lowest BCUT2D eigenvalue weighted by Crippen LogP contribution is -2.11.